The minimum Gasteiger partial charge on any atom is -0.492 e. The molecule has 0 atom stereocenters. The number of carbonyl (C=O) groups excluding carboxylic acids is 2. The highest BCUT2D eigenvalue weighted by Crippen LogP contribution is 2.24. The molecule has 0 fully saturated rings. The Balaban J connectivity index is 1.87. The van der Waals surface area contributed by atoms with Gasteiger partial charge in [-0.15, -0.1) is 0 Å². The fourth-order valence-corrected chi connectivity index (χ4v) is 2.42. The molecule has 0 saturated heterocycles. The Morgan fingerprint density at radius 2 is 1.88 bits per heavy atom. The van der Waals surface area contributed by atoms with E-state index in [1.54, 1.807) is 6.07 Å². The van der Waals surface area contributed by atoms with E-state index >= 15 is 0 Å². The number of benzene rings is 2. The molecule has 25 heavy (non-hydrogen) atoms. The molecule has 0 heterocycles. The zero-order valence-corrected chi connectivity index (χ0v) is 14.6. The van der Waals surface area contributed by atoms with E-state index in [4.69, 9.17) is 10.5 Å². The van der Waals surface area contributed by atoms with Crippen molar-refractivity contribution in [3.8, 4) is 5.75 Å². The van der Waals surface area contributed by atoms with E-state index in [1.807, 2.05) is 18.2 Å². The summed E-state index contributed by atoms with van der Waals surface area (Å²) < 4.78 is 33.4. The smallest absolute Gasteiger partial charge is 0.251 e. The third-order valence-corrected chi connectivity index (χ3v) is 3.89. The summed E-state index contributed by atoms with van der Waals surface area (Å²) in [5, 5.41) is 2.29. The number of nitrogens with one attached hydrogen (secondary N) is 1. The fourth-order valence-electron chi connectivity index (χ4n) is 2.02. The molecule has 0 aliphatic rings. The summed E-state index contributed by atoms with van der Waals surface area (Å²) >= 11 is 3.34. The first-order valence-electron chi connectivity index (χ1n) is 7.34. The van der Waals surface area contributed by atoms with E-state index in [-0.39, 0.29) is 18.7 Å². The van der Waals surface area contributed by atoms with Crippen LogP contribution in [0.1, 0.15) is 23.2 Å². The molecular formula is C17H15BrF2N2O3. The van der Waals surface area contributed by atoms with E-state index in [0.717, 1.165) is 10.5 Å². The summed E-state index contributed by atoms with van der Waals surface area (Å²) in [5.41, 5.74) is 4.20. The molecule has 5 nitrogen and oxygen atoms in total. The Labute approximate surface area is 151 Å². The zero-order valence-electron chi connectivity index (χ0n) is 13.0. The van der Waals surface area contributed by atoms with Gasteiger partial charge in [0.2, 0.25) is 5.91 Å². The van der Waals surface area contributed by atoms with Crippen molar-refractivity contribution in [1.29, 1.82) is 0 Å². The topological polar surface area (TPSA) is 81.4 Å². The summed E-state index contributed by atoms with van der Waals surface area (Å²) in [6.07, 6.45) is 0.450. The molecule has 8 heteroatoms. The van der Waals surface area contributed by atoms with Crippen molar-refractivity contribution in [2.45, 2.75) is 12.8 Å². The van der Waals surface area contributed by atoms with Crippen molar-refractivity contribution in [1.82, 2.24) is 0 Å². The van der Waals surface area contributed by atoms with Crippen molar-refractivity contribution < 1.29 is 23.1 Å². The second kappa shape index (κ2) is 8.57. The minimum atomic E-state index is -1.08. The number of ether oxygens (including phenoxy) is 1. The van der Waals surface area contributed by atoms with Gasteiger partial charge >= 0.3 is 0 Å². The molecule has 3 N–H and O–H groups in total. The summed E-state index contributed by atoms with van der Waals surface area (Å²) in [6.45, 7) is 0.286. The Kier molecular flexibility index (Phi) is 6.46. The van der Waals surface area contributed by atoms with Gasteiger partial charge in [0.15, 0.2) is 0 Å². The van der Waals surface area contributed by atoms with Crippen LogP contribution in [-0.2, 0) is 4.79 Å². The highest BCUT2D eigenvalue weighted by molar-refractivity contribution is 9.10. The highest BCUT2D eigenvalue weighted by Gasteiger charge is 2.15. The van der Waals surface area contributed by atoms with Gasteiger partial charge in [-0.2, -0.15) is 0 Å². The number of hydrogen-bond donors (Lipinski definition) is 2. The molecule has 0 bridgehead atoms. The second-order valence-electron chi connectivity index (χ2n) is 5.11. The predicted molar refractivity (Wildman–Crippen MR) is 92.4 cm³/mol. The van der Waals surface area contributed by atoms with Gasteiger partial charge in [0.05, 0.1) is 22.3 Å². The summed E-state index contributed by atoms with van der Waals surface area (Å²) in [5.74, 6) is -2.95. The number of carbonyl (C=O) groups is 2. The second-order valence-corrected chi connectivity index (χ2v) is 5.96. The quantitative estimate of drug-likeness (QED) is 0.681. The van der Waals surface area contributed by atoms with Crippen molar-refractivity contribution in [2.24, 2.45) is 5.73 Å². The van der Waals surface area contributed by atoms with Crippen molar-refractivity contribution in [3.05, 3.63) is 58.1 Å². The normalized spacial score (nSPS) is 10.4. The van der Waals surface area contributed by atoms with Crippen molar-refractivity contribution in [2.75, 3.05) is 11.9 Å². The van der Waals surface area contributed by atoms with Crippen LogP contribution in [-0.4, -0.2) is 18.4 Å². The van der Waals surface area contributed by atoms with Crippen LogP contribution < -0.4 is 15.8 Å². The Hall–Kier alpha value is -2.48. The fraction of sp³-hybridized carbons (Fsp3) is 0.176. The van der Waals surface area contributed by atoms with Gasteiger partial charge in [0.25, 0.3) is 5.91 Å². The lowest BCUT2D eigenvalue weighted by molar-refractivity contribution is -0.116. The lowest BCUT2D eigenvalue weighted by Crippen LogP contribution is -2.17. The summed E-state index contributed by atoms with van der Waals surface area (Å²) in [7, 11) is 0. The van der Waals surface area contributed by atoms with Crippen LogP contribution in [0.2, 0.25) is 0 Å². The molecule has 0 unspecified atom stereocenters. The molecule has 0 aliphatic heterocycles. The standard InChI is InChI=1S/C17H15BrF2N2O3/c18-11-4-1-2-5-15(11)25-7-3-6-16(23)22-14-8-10(17(21)24)12(19)9-13(14)20/h1-2,4-5,8-9H,3,6-7H2,(H2,21,24)(H,22,23). The molecule has 2 aromatic rings. The summed E-state index contributed by atoms with van der Waals surface area (Å²) in [4.78, 5) is 22.9. The van der Waals surface area contributed by atoms with Gasteiger partial charge in [-0.05, 0) is 40.5 Å². The van der Waals surface area contributed by atoms with Crippen LogP contribution in [0, 0.1) is 11.6 Å². The number of primary amides is 1. The average molecular weight is 413 g/mol. The molecule has 0 spiro atoms. The van der Waals surface area contributed by atoms with Gasteiger partial charge in [-0.25, -0.2) is 8.78 Å². The zero-order chi connectivity index (χ0) is 18.4. The maximum Gasteiger partial charge on any atom is 0.251 e. The first-order chi connectivity index (χ1) is 11.9. The molecule has 0 aliphatic carbocycles. The maximum absolute atomic E-state index is 13.7. The van der Waals surface area contributed by atoms with Gasteiger partial charge in [-0.3, -0.25) is 9.59 Å². The lowest BCUT2D eigenvalue weighted by atomic mass is 10.1. The van der Waals surface area contributed by atoms with Crippen molar-refractivity contribution >= 4 is 33.4 Å². The van der Waals surface area contributed by atoms with Crippen LogP contribution in [0.25, 0.3) is 0 Å². The monoisotopic (exact) mass is 412 g/mol. The number of para-hydroxylation sites is 1. The van der Waals surface area contributed by atoms with Gasteiger partial charge in [0, 0.05) is 12.5 Å². The van der Waals surface area contributed by atoms with Gasteiger partial charge in [0.1, 0.15) is 17.4 Å². The summed E-state index contributed by atoms with van der Waals surface area (Å²) in [6, 6.07) is 8.66. The molecule has 2 rings (SSSR count). The minimum absolute atomic E-state index is 0.0627. The SMILES string of the molecule is NC(=O)c1cc(NC(=O)CCCOc2ccccc2Br)c(F)cc1F. The maximum atomic E-state index is 13.7. The lowest BCUT2D eigenvalue weighted by Gasteiger charge is -2.10. The van der Waals surface area contributed by atoms with Crippen molar-refractivity contribution in [3.63, 3.8) is 0 Å². The first kappa shape index (κ1) is 18.9. The molecule has 0 radical (unpaired) electrons. The number of hydrogen-bond acceptors (Lipinski definition) is 3. The predicted octanol–water partition coefficient (Wildman–Crippen LogP) is 3.62. The number of nitrogens with two attached hydrogens (primary N) is 1. The third-order valence-electron chi connectivity index (χ3n) is 3.24. The van der Waals surface area contributed by atoms with Crippen LogP contribution in [0.15, 0.2) is 40.9 Å². The number of anilines is 1. The highest BCUT2D eigenvalue weighted by atomic mass is 79.9. The number of rotatable bonds is 7. The Morgan fingerprint density at radius 3 is 2.56 bits per heavy atom. The molecular weight excluding hydrogens is 398 g/mol. The molecule has 0 aromatic heterocycles. The third kappa shape index (κ3) is 5.25. The number of halogens is 3. The van der Waals surface area contributed by atoms with E-state index in [9.17, 15) is 18.4 Å². The van der Waals surface area contributed by atoms with Crippen LogP contribution in [0.4, 0.5) is 14.5 Å². The van der Waals surface area contributed by atoms with E-state index in [1.165, 1.54) is 0 Å². The molecule has 0 saturated carbocycles. The largest absolute Gasteiger partial charge is 0.492 e. The van der Waals surface area contributed by atoms with Crippen LogP contribution in [0.5, 0.6) is 5.75 Å². The number of amides is 2. The van der Waals surface area contributed by atoms with Gasteiger partial charge in [-0.1, -0.05) is 12.1 Å². The molecule has 2 aromatic carbocycles. The first-order valence-corrected chi connectivity index (χ1v) is 8.14. The average Bonchev–Trinajstić information content (AvgIpc) is 2.55. The Morgan fingerprint density at radius 1 is 1.16 bits per heavy atom. The van der Waals surface area contributed by atoms with E-state index < -0.39 is 29.0 Å². The molecule has 132 valence electrons. The Bertz CT molecular complexity index is 799. The van der Waals surface area contributed by atoms with E-state index in [0.29, 0.717) is 18.2 Å². The van der Waals surface area contributed by atoms with Crippen LogP contribution in [0.3, 0.4) is 0 Å². The van der Waals surface area contributed by atoms with Crippen LogP contribution >= 0.6 is 15.9 Å². The van der Waals surface area contributed by atoms with Gasteiger partial charge < -0.3 is 15.8 Å². The van der Waals surface area contributed by atoms with E-state index in [2.05, 4.69) is 21.2 Å². The molecule has 2 amide bonds.